The van der Waals surface area contributed by atoms with Crippen LogP contribution in [-0.2, 0) is 0 Å². The summed E-state index contributed by atoms with van der Waals surface area (Å²) in [6.07, 6.45) is 0. The molecule has 40 valence electrons. The number of benzene rings is 1. The second-order valence-corrected chi connectivity index (χ2v) is 1.84. The van der Waals surface area contributed by atoms with Crippen LogP contribution in [0, 0.1) is 0 Å². The van der Waals surface area contributed by atoms with E-state index in [2.05, 4.69) is 0 Å². The van der Waals surface area contributed by atoms with Crippen LogP contribution in [0.1, 0.15) is 0 Å². The van der Waals surface area contributed by atoms with Gasteiger partial charge in [-0.25, -0.2) is 0 Å². The van der Waals surface area contributed by atoms with E-state index in [4.69, 9.17) is 5.11 Å². The van der Waals surface area contributed by atoms with Crippen LogP contribution in [0.2, 0.25) is 0 Å². The summed E-state index contributed by atoms with van der Waals surface area (Å²) in [5.41, 5.74) is 1.09. The molecule has 0 aromatic heterocycles. The normalized spacial score (nSPS) is 9.00. The highest BCUT2D eigenvalue weighted by atomic mass is 16.3. The molecule has 0 aliphatic heterocycles. The summed E-state index contributed by atoms with van der Waals surface area (Å²) in [5.74, 6) is 0.338. The largest absolute Gasteiger partial charge is 0.508 e. The molecule has 0 saturated carbocycles. The summed E-state index contributed by atoms with van der Waals surface area (Å²) in [6.45, 7) is 0. The van der Waals surface area contributed by atoms with Gasteiger partial charge in [0.1, 0.15) is 13.6 Å². The lowest BCUT2D eigenvalue weighted by Gasteiger charge is -1.90. The van der Waals surface area contributed by atoms with Crippen molar-refractivity contribution in [3.05, 3.63) is 24.3 Å². The molecule has 1 aromatic carbocycles. The van der Waals surface area contributed by atoms with Crippen LogP contribution < -0.4 is 5.46 Å². The predicted octanol–water partition coefficient (Wildman–Crippen LogP) is -0.349. The maximum atomic E-state index is 8.81. The van der Waals surface area contributed by atoms with Gasteiger partial charge in [-0.2, -0.15) is 0 Å². The van der Waals surface area contributed by atoms with Crippen LogP contribution in [0.4, 0.5) is 0 Å². The second-order valence-electron chi connectivity index (χ2n) is 1.84. The molecular weight excluding hydrogens is 98.9 g/mol. The minimum atomic E-state index is 0.338. The summed E-state index contributed by atoms with van der Waals surface area (Å²) in [6, 6.07) is 7.15. The maximum absolute atomic E-state index is 8.81. The Balaban J connectivity index is 3.08. The number of phenols is 1. The third-order valence-electron chi connectivity index (χ3n) is 1.00. The van der Waals surface area contributed by atoms with Crippen molar-refractivity contribution in [3.63, 3.8) is 0 Å². The molecule has 0 amide bonds. The summed E-state index contributed by atoms with van der Waals surface area (Å²) < 4.78 is 0. The lowest BCUT2D eigenvalue weighted by atomic mass is 9.97. The topological polar surface area (TPSA) is 20.2 Å². The molecule has 1 aromatic rings. The van der Waals surface area contributed by atoms with Crippen LogP contribution in [0.3, 0.4) is 0 Å². The summed E-state index contributed by atoms with van der Waals surface area (Å²) >= 11 is 0. The van der Waals surface area contributed by atoms with Crippen molar-refractivity contribution < 1.29 is 5.11 Å². The minimum Gasteiger partial charge on any atom is -0.508 e. The molecule has 0 saturated heterocycles. The Labute approximate surface area is 49.4 Å². The van der Waals surface area contributed by atoms with E-state index in [1.54, 1.807) is 12.1 Å². The molecule has 1 N–H and O–H groups in total. The van der Waals surface area contributed by atoms with Crippen LogP contribution in [0.25, 0.3) is 0 Å². The molecule has 0 heterocycles. The SMILES string of the molecule is Bc1cccc(O)c1. The van der Waals surface area contributed by atoms with Crippen LogP contribution in [0.5, 0.6) is 5.75 Å². The Hall–Kier alpha value is -0.915. The maximum Gasteiger partial charge on any atom is 0.139 e. The smallest absolute Gasteiger partial charge is 0.139 e. The standard InChI is InChI=1S/C6H7BO/c7-5-2-1-3-6(8)4-5/h1-4,8H,7H2. The van der Waals surface area contributed by atoms with Gasteiger partial charge in [0.2, 0.25) is 0 Å². The first kappa shape index (κ1) is 5.23. The van der Waals surface area contributed by atoms with Crippen molar-refractivity contribution in [2.75, 3.05) is 0 Å². The molecule has 0 unspecified atom stereocenters. The van der Waals surface area contributed by atoms with Crippen molar-refractivity contribution in [1.29, 1.82) is 0 Å². The number of hydrogen-bond donors (Lipinski definition) is 1. The van der Waals surface area contributed by atoms with Gasteiger partial charge in [-0.3, -0.25) is 0 Å². The zero-order valence-corrected chi connectivity index (χ0v) is 4.76. The first-order valence-corrected chi connectivity index (χ1v) is 2.54. The molecule has 1 rings (SSSR count). The van der Waals surface area contributed by atoms with Gasteiger partial charge in [-0.05, 0) is 12.1 Å². The average Bonchev–Trinajstić information content (AvgIpc) is 1.64. The molecule has 0 fully saturated rings. The monoisotopic (exact) mass is 106 g/mol. The quantitative estimate of drug-likeness (QED) is 0.448. The van der Waals surface area contributed by atoms with Gasteiger partial charge in [-0.1, -0.05) is 17.6 Å². The number of hydrogen-bond acceptors (Lipinski definition) is 1. The van der Waals surface area contributed by atoms with Gasteiger partial charge in [0.25, 0.3) is 0 Å². The van der Waals surface area contributed by atoms with Crippen molar-refractivity contribution in [2.24, 2.45) is 0 Å². The van der Waals surface area contributed by atoms with Gasteiger partial charge in [0, 0.05) is 0 Å². The summed E-state index contributed by atoms with van der Waals surface area (Å²) in [5, 5.41) is 8.81. The molecule has 0 atom stereocenters. The highest BCUT2D eigenvalue weighted by Crippen LogP contribution is 2.00. The van der Waals surface area contributed by atoms with Gasteiger partial charge in [-0.15, -0.1) is 0 Å². The molecule has 8 heavy (non-hydrogen) atoms. The van der Waals surface area contributed by atoms with Crippen molar-refractivity contribution >= 4 is 13.3 Å². The lowest BCUT2D eigenvalue weighted by Crippen LogP contribution is -1.97. The molecule has 0 spiro atoms. The predicted molar refractivity (Wildman–Crippen MR) is 36.3 cm³/mol. The highest BCUT2D eigenvalue weighted by Gasteiger charge is 1.83. The van der Waals surface area contributed by atoms with Gasteiger partial charge >= 0.3 is 0 Å². The average molecular weight is 106 g/mol. The Kier molecular flexibility index (Phi) is 1.25. The molecule has 0 aliphatic carbocycles. The summed E-state index contributed by atoms with van der Waals surface area (Å²) in [7, 11) is 1.94. The minimum absolute atomic E-state index is 0.338. The van der Waals surface area contributed by atoms with Crippen molar-refractivity contribution in [3.8, 4) is 5.75 Å². The molecule has 0 radical (unpaired) electrons. The molecule has 2 heteroatoms. The third kappa shape index (κ3) is 1.03. The van der Waals surface area contributed by atoms with Crippen molar-refractivity contribution in [2.45, 2.75) is 0 Å². The Morgan fingerprint density at radius 1 is 1.38 bits per heavy atom. The highest BCUT2D eigenvalue weighted by molar-refractivity contribution is 6.32. The molecule has 1 nitrogen and oxygen atoms in total. The fraction of sp³-hybridized carbons (Fsp3) is 0. The van der Waals surface area contributed by atoms with E-state index in [1.165, 1.54) is 0 Å². The third-order valence-corrected chi connectivity index (χ3v) is 1.00. The van der Waals surface area contributed by atoms with E-state index in [9.17, 15) is 0 Å². The Morgan fingerprint density at radius 2 is 2.12 bits per heavy atom. The molecule has 0 bridgehead atoms. The fourth-order valence-electron chi connectivity index (χ4n) is 0.628. The van der Waals surface area contributed by atoms with E-state index in [-0.39, 0.29) is 0 Å². The Bertz CT molecular complexity index is 168. The fourth-order valence-corrected chi connectivity index (χ4v) is 0.628. The van der Waals surface area contributed by atoms with E-state index >= 15 is 0 Å². The number of phenolic OH excluding ortho intramolecular Hbond substituents is 1. The van der Waals surface area contributed by atoms with Gasteiger partial charge in [0.05, 0.1) is 0 Å². The molecular formula is C6H7BO. The zero-order valence-electron chi connectivity index (χ0n) is 4.76. The van der Waals surface area contributed by atoms with Crippen molar-refractivity contribution in [1.82, 2.24) is 0 Å². The lowest BCUT2D eigenvalue weighted by molar-refractivity contribution is 0.476. The Morgan fingerprint density at radius 3 is 2.50 bits per heavy atom. The van der Waals surface area contributed by atoms with Gasteiger partial charge in [0.15, 0.2) is 0 Å². The van der Waals surface area contributed by atoms with Crippen LogP contribution >= 0.6 is 0 Å². The van der Waals surface area contributed by atoms with E-state index < -0.39 is 0 Å². The zero-order chi connectivity index (χ0) is 5.98. The summed E-state index contributed by atoms with van der Waals surface area (Å²) in [4.78, 5) is 0. The number of rotatable bonds is 0. The first-order chi connectivity index (χ1) is 3.79. The number of aromatic hydroxyl groups is 1. The van der Waals surface area contributed by atoms with E-state index in [1.807, 2.05) is 20.0 Å². The molecule has 0 aliphatic rings. The van der Waals surface area contributed by atoms with Gasteiger partial charge < -0.3 is 5.11 Å². The van der Waals surface area contributed by atoms with E-state index in [0.717, 1.165) is 5.46 Å². The first-order valence-electron chi connectivity index (χ1n) is 2.54. The van der Waals surface area contributed by atoms with Crippen LogP contribution in [0.15, 0.2) is 24.3 Å². The second kappa shape index (κ2) is 1.91. The van der Waals surface area contributed by atoms with E-state index in [0.29, 0.717) is 5.75 Å². The van der Waals surface area contributed by atoms with Crippen LogP contribution in [-0.4, -0.2) is 13.0 Å².